The van der Waals surface area contributed by atoms with Gasteiger partial charge in [0.25, 0.3) is 5.91 Å². The zero-order chi connectivity index (χ0) is 16.1. The minimum atomic E-state index is -4.87. The van der Waals surface area contributed by atoms with Crippen molar-refractivity contribution in [3.8, 4) is 0 Å². The minimum Gasteiger partial charge on any atom is -0.481 e. The molecule has 0 aromatic carbocycles. The van der Waals surface area contributed by atoms with Crippen molar-refractivity contribution >= 4 is 23.2 Å². The zero-order valence-corrected chi connectivity index (χ0v) is 12.4. The van der Waals surface area contributed by atoms with Crippen molar-refractivity contribution in [3.63, 3.8) is 0 Å². The summed E-state index contributed by atoms with van der Waals surface area (Å²) in [7, 11) is 0. The third kappa shape index (κ3) is 2.20. The van der Waals surface area contributed by atoms with Crippen LogP contribution in [0, 0.1) is 5.41 Å². The third-order valence-corrected chi connectivity index (χ3v) is 5.69. The highest BCUT2D eigenvalue weighted by atomic mass is 32.1. The first-order valence-corrected chi connectivity index (χ1v) is 7.77. The number of hydrogen-bond donors (Lipinski definition) is 1. The average molecular weight is 333 g/mol. The summed E-state index contributed by atoms with van der Waals surface area (Å²) in [6.45, 7) is -1.000. The zero-order valence-electron chi connectivity index (χ0n) is 11.6. The molecule has 120 valence electrons. The standard InChI is InChI=1S/C14H14F3NO3S/c15-14(16,17)13(12(20)21)4-5-18(7-13)11(19)10-6-8-2-1-3-9(8)22-10/h6H,1-5,7H2,(H,20,21). The van der Waals surface area contributed by atoms with Gasteiger partial charge < -0.3 is 10.0 Å². The third-order valence-electron chi connectivity index (χ3n) is 4.47. The van der Waals surface area contributed by atoms with Crippen LogP contribution in [0.15, 0.2) is 6.07 Å². The predicted octanol–water partition coefficient (Wildman–Crippen LogP) is 2.72. The smallest absolute Gasteiger partial charge is 0.406 e. The van der Waals surface area contributed by atoms with E-state index in [0.717, 1.165) is 34.6 Å². The number of carbonyl (C=O) groups is 2. The molecular formula is C14H14F3NO3S. The van der Waals surface area contributed by atoms with Crippen molar-refractivity contribution < 1.29 is 27.9 Å². The van der Waals surface area contributed by atoms with Gasteiger partial charge in [0.1, 0.15) is 0 Å². The summed E-state index contributed by atoms with van der Waals surface area (Å²) in [5, 5.41) is 9.01. The molecule has 8 heteroatoms. The van der Waals surface area contributed by atoms with E-state index in [1.807, 2.05) is 0 Å². The fourth-order valence-electron chi connectivity index (χ4n) is 3.10. The van der Waals surface area contributed by atoms with Gasteiger partial charge in [-0.2, -0.15) is 13.2 Å². The van der Waals surface area contributed by atoms with Crippen LogP contribution in [0.2, 0.25) is 0 Å². The first-order chi connectivity index (χ1) is 10.2. The summed E-state index contributed by atoms with van der Waals surface area (Å²) in [4.78, 5) is 26.0. The number of nitrogens with zero attached hydrogens (tertiary/aromatic N) is 1. The maximum absolute atomic E-state index is 13.1. The molecule has 1 aliphatic carbocycles. The number of carboxylic acid groups (broad SMARTS) is 1. The fourth-order valence-corrected chi connectivity index (χ4v) is 4.32. The van der Waals surface area contributed by atoms with E-state index in [1.165, 1.54) is 11.3 Å². The van der Waals surface area contributed by atoms with Crippen molar-refractivity contribution in [2.75, 3.05) is 13.1 Å². The number of fused-ring (bicyclic) bond motifs is 1. The lowest BCUT2D eigenvalue weighted by molar-refractivity contribution is -0.227. The van der Waals surface area contributed by atoms with E-state index in [1.54, 1.807) is 6.07 Å². The molecule has 2 aliphatic rings. The van der Waals surface area contributed by atoms with E-state index in [4.69, 9.17) is 5.11 Å². The number of hydrogen-bond acceptors (Lipinski definition) is 3. The molecule has 2 heterocycles. The second kappa shape index (κ2) is 4.97. The second-order valence-electron chi connectivity index (χ2n) is 5.77. The quantitative estimate of drug-likeness (QED) is 0.905. The summed E-state index contributed by atoms with van der Waals surface area (Å²) in [5.41, 5.74) is -1.75. The lowest BCUT2D eigenvalue weighted by Gasteiger charge is -2.27. The number of likely N-dealkylation sites (tertiary alicyclic amines) is 1. The Hall–Kier alpha value is -1.57. The van der Waals surface area contributed by atoms with E-state index in [0.29, 0.717) is 4.88 Å². The normalized spacial score (nSPS) is 24.6. The number of carbonyl (C=O) groups excluding carboxylic acids is 1. The van der Waals surface area contributed by atoms with Gasteiger partial charge in [0.2, 0.25) is 0 Å². The maximum Gasteiger partial charge on any atom is 0.406 e. The van der Waals surface area contributed by atoms with Crippen LogP contribution in [0.1, 0.15) is 33.0 Å². The summed E-state index contributed by atoms with van der Waals surface area (Å²) >= 11 is 1.31. The van der Waals surface area contributed by atoms with E-state index >= 15 is 0 Å². The molecule has 1 atom stereocenters. The molecule has 1 amide bonds. The topological polar surface area (TPSA) is 57.6 Å². The van der Waals surface area contributed by atoms with Gasteiger partial charge >= 0.3 is 12.1 Å². The number of amides is 1. The fraction of sp³-hybridized carbons (Fsp3) is 0.571. The van der Waals surface area contributed by atoms with Crippen LogP contribution in [0.3, 0.4) is 0 Å². The maximum atomic E-state index is 13.1. The van der Waals surface area contributed by atoms with Crippen LogP contribution in [0.5, 0.6) is 0 Å². The number of alkyl halides is 3. The Balaban J connectivity index is 1.82. The molecule has 1 fully saturated rings. The summed E-state index contributed by atoms with van der Waals surface area (Å²) in [6, 6.07) is 1.74. The van der Waals surface area contributed by atoms with Gasteiger partial charge in [-0.05, 0) is 37.3 Å². The Morgan fingerprint density at radius 1 is 1.32 bits per heavy atom. The molecule has 1 N–H and O–H groups in total. The van der Waals surface area contributed by atoms with Gasteiger partial charge in [-0.3, -0.25) is 9.59 Å². The molecule has 1 saturated heterocycles. The number of thiophene rings is 1. The molecule has 1 unspecified atom stereocenters. The number of halogens is 3. The molecule has 22 heavy (non-hydrogen) atoms. The van der Waals surface area contributed by atoms with Gasteiger partial charge in [-0.1, -0.05) is 0 Å². The van der Waals surface area contributed by atoms with Gasteiger partial charge in [0, 0.05) is 18.0 Å². The van der Waals surface area contributed by atoms with E-state index in [-0.39, 0.29) is 6.54 Å². The lowest BCUT2D eigenvalue weighted by atomic mass is 9.86. The van der Waals surface area contributed by atoms with Crippen molar-refractivity contribution in [1.29, 1.82) is 0 Å². The number of carboxylic acids is 1. The molecule has 0 bridgehead atoms. The van der Waals surface area contributed by atoms with Gasteiger partial charge in [0.05, 0.1) is 4.88 Å². The highest BCUT2D eigenvalue weighted by Crippen LogP contribution is 2.46. The van der Waals surface area contributed by atoms with E-state index in [9.17, 15) is 22.8 Å². The SMILES string of the molecule is O=C(c1cc2c(s1)CCC2)N1CCC(C(=O)O)(C(F)(F)F)C1. The summed E-state index contributed by atoms with van der Waals surface area (Å²) in [6.07, 6.45) is -2.64. The molecule has 3 rings (SSSR count). The monoisotopic (exact) mass is 333 g/mol. The molecule has 1 aromatic heterocycles. The van der Waals surface area contributed by atoms with Gasteiger partial charge in [-0.25, -0.2) is 0 Å². The van der Waals surface area contributed by atoms with Crippen LogP contribution in [0.4, 0.5) is 13.2 Å². The molecular weight excluding hydrogens is 319 g/mol. The predicted molar refractivity (Wildman–Crippen MR) is 73.0 cm³/mol. The van der Waals surface area contributed by atoms with Crippen LogP contribution in [0.25, 0.3) is 0 Å². The van der Waals surface area contributed by atoms with Crippen LogP contribution in [-0.2, 0) is 17.6 Å². The molecule has 0 radical (unpaired) electrons. The largest absolute Gasteiger partial charge is 0.481 e. The Labute approximate surface area is 128 Å². The molecule has 0 spiro atoms. The number of aliphatic carboxylic acids is 1. The van der Waals surface area contributed by atoms with Gasteiger partial charge in [0.15, 0.2) is 5.41 Å². The Morgan fingerprint density at radius 2 is 2.05 bits per heavy atom. The molecule has 1 aromatic rings. The Bertz CT molecular complexity index is 618. The van der Waals surface area contributed by atoms with Crippen molar-refractivity contribution in [2.45, 2.75) is 31.9 Å². The number of aryl methyl sites for hydroxylation is 2. The highest BCUT2D eigenvalue weighted by molar-refractivity contribution is 7.14. The van der Waals surface area contributed by atoms with Crippen molar-refractivity contribution in [3.05, 3.63) is 21.4 Å². The van der Waals surface area contributed by atoms with Crippen molar-refractivity contribution in [1.82, 2.24) is 4.90 Å². The molecule has 4 nitrogen and oxygen atoms in total. The Kier molecular flexibility index (Phi) is 3.47. The summed E-state index contributed by atoms with van der Waals surface area (Å²) < 4.78 is 39.4. The van der Waals surface area contributed by atoms with E-state index in [2.05, 4.69) is 0 Å². The number of rotatable bonds is 2. The van der Waals surface area contributed by atoms with Crippen LogP contribution < -0.4 is 0 Å². The highest BCUT2D eigenvalue weighted by Gasteiger charge is 2.64. The Morgan fingerprint density at radius 3 is 2.59 bits per heavy atom. The second-order valence-corrected chi connectivity index (χ2v) is 6.91. The van der Waals surface area contributed by atoms with Gasteiger partial charge in [-0.15, -0.1) is 11.3 Å². The van der Waals surface area contributed by atoms with Crippen molar-refractivity contribution in [2.24, 2.45) is 5.41 Å². The van der Waals surface area contributed by atoms with Crippen LogP contribution in [-0.4, -0.2) is 41.1 Å². The molecule has 0 saturated carbocycles. The average Bonchev–Trinajstić information content (AvgIpc) is 3.10. The summed E-state index contributed by atoms with van der Waals surface area (Å²) in [5.74, 6) is -2.41. The van der Waals surface area contributed by atoms with Crippen LogP contribution >= 0.6 is 11.3 Å². The van der Waals surface area contributed by atoms with E-state index < -0.39 is 36.4 Å². The first-order valence-electron chi connectivity index (χ1n) is 6.95. The first kappa shape index (κ1) is 15.3. The lowest BCUT2D eigenvalue weighted by Crippen LogP contribution is -2.47. The minimum absolute atomic E-state index is 0.187. The molecule has 1 aliphatic heterocycles.